The summed E-state index contributed by atoms with van der Waals surface area (Å²) < 4.78 is 2.38. The number of fused-ring (bicyclic) bond motifs is 5. The minimum atomic E-state index is 1.08. The van der Waals surface area contributed by atoms with Crippen LogP contribution in [0.1, 0.15) is 0 Å². The quantitative estimate of drug-likeness (QED) is 0.135. The van der Waals surface area contributed by atoms with Crippen LogP contribution >= 0.6 is 0 Å². The fourth-order valence-electron chi connectivity index (χ4n) is 10.6. The van der Waals surface area contributed by atoms with Crippen molar-refractivity contribution < 1.29 is 0 Å². The summed E-state index contributed by atoms with van der Waals surface area (Å²) in [6.07, 6.45) is 0. The lowest BCUT2D eigenvalue weighted by Crippen LogP contribution is -2.11. The molecule has 13 rings (SSSR count). The van der Waals surface area contributed by atoms with Gasteiger partial charge in [0.2, 0.25) is 0 Å². The lowest BCUT2D eigenvalue weighted by Gasteiger charge is -2.29. The summed E-state index contributed by atoms with van der Waals surface area (Å²) in [4.78, 5) is 4.82. The number of anilines is 6. The molecule has 0 fully saturated rings. The highest BCUT2D eigenvalue weighted by atomic mass is 15.2. The molecule has 0 atom stereocenters. The van der Waals surface area contributed by atoms with E-state index in [9.17, 15) is 0 Å². The van der Waals surface area contributed by atoms with Crippen LogP contribution in [-0.4, -0.2) is 4.57 Å². The average Bonchev–Trinajstić information content (AvgIpc) is 3.78. The number of para-hydroxylation sites is 2. The van der Waals surface area contributed by atoms with Gasteiger partial charge in [-0.1, -0.05) is 200 Å². The molecule has 0 saturated carbocycles. The van der Waals surface area contributed by atoms with Gasteiger partial charge in [-0.2, -0.15) is 0 Å². The van der Waals surface area contributed by atoms with E-state index in [1.165, 1.54) is 71.2 Å². The first-order chi connectivity index (χ1) is 35.2. The maximum atomic E-state index is 2.47. The Kier molecular flexibility index (Phi) is 10.5. The Labute approximate surface area is 414 Å². The van der Waals surface area contributed by atoms with E-state index in [-0.39, 0.29) is 0 Å². The summed E-state index contributed by atoms with van der Waals surface area (Å²) in [5.74, 6) is 0. The zero-order valence-electron chi connectivity index (χ0n) is 39.0. The highest BCUT2D eigenvalue weighted by molar-refractivity contribution is 6.13. The van der Waals surface area contributed by atoms with Crippen molar-refractivity contribution >= 4 is 77.5 Å². The topological polar surface area (TPSA) is 11.4 Å². The maximum absolute atomic E-state index is 2.47. The Balaban J connectivity index is 0.928. The predicted octanol–water partition coefficient (Wildman–Crippen LogP) is 19.0. The van der Waals surface area contributed by atoms with E-state index < -0.39 is 0 Å². The molecule has 0 aliphatic rings. The van der Waals surface area contributed by atoms with Crippen LogP contribution in [0.3, 0.4) is 0 Å². The molecule has 0 N–H and O–H groups in total. The molecule has 13 aromatic rings. The molecule has 0 aliphatic heterocycles. The lowest BCUT2D eigenvalue weighted by molar-refractivity contribution is 1.18. The van der Waals surface area contributed by atoms with E-state index in [2.05, 4.69) is 299 Å². The SMILES string of the molecule is c1ccc(-c2ccc(N(c3ccc(-c4ccccc4)cc3)c3ccc(-c4ccc(N(c5ccc6c(c5)c5ccccc5n6-c5ccccc5)c5cccc6ccccc56)c5ccccc45)cc3)cc2)cc1. The van der Waals surface area contributed by atoms with Crippen LogP contribution in [0, 0.1) is 0 Å². The van der Waals surface area contributed by atoms with Crippen LogP contribution in [0.2, 0.25) is 0 Å². The third-order valence-electron chi connectivity index (χ3n) is 14.0. The van der Waals surface area contributed by atoms with Crippen molar-refractivity contribution in [3.63, 3.8) is 0 Å². The lowest BCUT2D eigenvalue weighted by atomic mass is 9.95. The van der Waals surface area contributed by atoms with Crippen molar-refractivity contribution in [2.75, 3.05) is 9.80 Å². The molecule has 3 heteroatoms. The molecule has 1 aromatic heterocycles. The van der Waals surface area contributed by atoms with Gasteiger partial charge >= 0.3 is 0 Å². The Hall–Kier alpha value is -9.44. The summed E-state index contributed by atoms with van der Waals surface area (Å²) in [6.45, 7) is 0. The van der Waals surface area contributed by atoms with Crippen molar-refractivity contribution in [1.29, 1.82) is 0 Å². The van der Waals surface area contributed by atoms with Gasteiger partial charge in [-0.15, -0.1) is 0 Å². The minimum Gasteiger partial charge on any atom is -0.311 e. The molecule has 0 radical (unpaired) electrons. The third-order valence-corrected chi connectivity index (χ3v) is 14.0. The number of rotatable bonds is 10. The van der Waals surface area contributed by atoms with E-state index in [0.29, 0.717) is 0 Å². The van der Waals surface area contributed by atoms with E-state index in [1.54, 1.807) is 0 Å². The van der Waals surface area contributed by atoms with Gasteiger partial charge < -0.3 is 14.4 Å². The van der Waals surface area contributed by atoms with Crippen LogP contribution in [0.4, 0.5) is 34.1 Å². The van der Waals surface area contributed by atoms with Crippen molar-refractivity contribution in [1.82, 2.24) is 4.57 Å². The third kappa shape index (κ3) is 7.58. The minimum absolute atomic E-state index is 1.08. The van der Waals surface area contributed by atoms with Gasteiger partial charge in [0.15, 0.2) is 0 Å². The molecule has 0 bridgehead atoms. The average molecular weight is 906 g/mol. The second-order valence-corrected chi connectivity index (χ2v) is 18.1. The van der Waals surface area contributed by atoms with Crippen LogP contribution < -0.4 is 9.80 Å². The molecule has 334 valence electrons. The van der Waals surface area contributed by atoms with Crippen molar-refractivity contribution in [2.45, 2.75) is 0 Å². The summed E-state index contributed by atoms with van der Waals surface area (Å²) >= 11 is 0. The molecule has 1 heterocycles. The zero-order valence-corrected chi connectivity index (χ0v) is 39.0. The molecule has 12 aromatic carbocycles. The molecule has 71 heavy (non-hydrogen) atoms. The molecular weight excluding hydrogens is 859 g/mol. The van der Waals surface area contributed by atoms with Gasteiger partial charge in [-0.05, 0) is 129 Å². The first-order valence-electron chi connectivity index (χ1n) is 24.3. The number of hydrogen-bond donors (Lipinski definition) is 0. The second kappa shape index (κ2) is 17.9. The summed E-state index contributed by atoms with van der Waals surface area (Å²) in [5.41, 5.74) is 17.2. The first kappa shape index (κ1) is 41.7. The smallest absolute Gasteiger partial charge is 0.0542 e. The number of benzene rings is 12. The summed E-state index contributed by atoms with van der Waals surface area (Å²) in [7, 11) is 0. The Bertz CT molecular complexity index is 3920. The molecule has 3 nitrogen and oxygen atoms in total. The largest absolute Gasteiger partial charge is 0.311 e. The van der Waals surface area contributed by atoms with Crippen LogP contribution in [0.5, 0.6) is 0 Å². The second-order valence-electron chi connectivity index (χ2n) is 18.1. The predicted molar refractivity (Wildman–Crippen MR) is 301 cm³/mol. The Morgan fingerprint density at radius 3 is 1.32 bits per heavy atom. The fraction of sp³-hybridized carbons (Fsp3) is 0. The normalized spacial score (nSPS) is 11.4. The van der Waals surface area contributed by atoms with E-state index in [0.717, 1.165) is 45.4 Å². The fourth-order valence-corrected chi connectivity index (χ4v) is 10.6. The van der Waals surface area contributed by atoms with Gasteiger partial charge in [0.1, 0.15) is 0 Å². The highest BCUT2D eigenvalue weighted by Gasteiger charge is 2.22. The standard InChI is InChI=1S/C68H47N3/c1-4-17-48(18-5-1)50-31-37-55(38-32-50)69(56-39-33-51(34-40-56)49-19-6-2-7-20-49)57-41-35-53(36-42-57)59-44-46-67(62-27-13-12-26-61(59)62)71(65-30-16-22-52-21-10-11-25-60(52)65)58-43-45-68-64(47-58)63-28-14-15-29-66(63)70(68)54-23-8-3-9-24-54/h1-47H. The van der Waals surface area contributed by atoms with E-state index in [1.807, 2.05) is 0 Å². The number of nitrogens with zero attached hydrogens (tertiary/aromatic N) is 3. The molecule has 0 amide bonds. The molecule has 0 aliphatic carbocycles. The Morgan fingerprint density at radius 2 is 0.690 bits per heavy atom. The highest BCUT2D eigenvalue weighted by Crippen LogP contribution is 2.46. The van der Waals surface area contributed by atoms with Crippen molar-refractivity contribution in [3.05, 3.63) is 285 Å². The van der Waals surface area contributed by atoms with Gasteiger partial charge in [0.25, 0.3) is 0 Å². The number of hydrogen-bond acceptors (Lipinski definition) is 2. The van der Waals surface area contributed by atoms with E-state index >= 15 is 0 Å². The number of aromatic nitrogens is 1. The maximum Gasteiger partial charge on any atom is 0.0542 e. The van der Waals surface area contributed by atoms with Gasteiger partial charge in [-0.25, -0.2) is 0 Å². The summed E-state index contributed by atoms with van der Waals surface area (Å²) in [5, 5.41) is 7.19. The van der Waals surface area contributed by atoms with Crippen molar-refractivity contribution in [2.24, 2.45) is 0 Å². The molecule has 0 unspecified atom stereocenters. The van der Waals surface area contributed by atoms with Crippen molar-refractivity contribution in [3.8, 4) is 39.1 Å². The molecule has 0 saturated heterocycles. The molecule has 0 spiro atoms. The van der Waals surface area contributed by atoms with E-state index in [4.69, 9.17) is 0 Å². The van der Waals surface area contributed by atoms with Crippen LogP contribution in [0.25, 0.3) is 82.4 Å². The molecular formula is C68H47N3. The van der Waals surface area contributed by atoms with Crippen LogP contribution in [-0.2, 0) is 0 Å². The first-order valence-corrected chi connectivity index (χ1v) is 24.3. The van der Waals surface area contributed by atoms with Gasteiger partial charge in [0.05, 0.1) is 22.4 Å². The van der Waals surface area contributed by atoms with Gasteiger partial charge in [0, 0.05) is 50.0 Å². The Morgan fingerprint density at radius 1 is 0.239 bits per heavy atom. The summed E-state index contributed by atoms with van der Waals surface area (Å²) in [6, 6.07) is 103. The van der Waals surface area contributed by atoms with Gasteiger partial charge in [-0.3, -0.25) is 0 Å². The van der Waals surface area contributed by atoms with Crippen LogP contribution in [0.15, 0.2) is 285 Å². The zero-order chi connectivity index (χ0) is 47.1. The monoisotopic (exact) mass is 905 g/mol.